The molecule has 0 saturated heterocycles. The van der Waals surface area contributed by atoms with Gasteiger partial charge in [0.15, 0.2) is 0 Å². The van der Waals surface area contributed by atoms with Gasteiger partial charge in [-0.3, -0.25) is 4.79 Å². The van der Waals surface area contributed by atoms with Crippen molar-refractivity contribution >= 4 is 5.91 Å². The zero-order valence-electron chi connectivity index (χ0n) is 11.8. The predicted octanol–water partition coefficient (Wildman–Crippen LogP) is 2.27. The van der Waals surface area contributed by atoms with Crippen LogP contribution in [0.4, 0.5) is 0 Å². The quantitative estimate of drug-likeness (QED) is 0.799. The molecular formula is C14H28N2O. The molecule has 1 aliphatic carbocycles. The summed E-state index contributed by atoms with van der Waals surface area (Å²) in [5, 5.41) is 3.52. The molecule has 0 aromatic rings. The van der Waals surface area contributed by atoms with Gasteiger partial charge in [0.1, 0.15) is 0 Å². The molecule has 1 saturated carbocycles. The van der Waals surface area contributed by atoms with E-state index >= 15 is 0 Å². The van der Waals surface area contributed by atoms with Gasteiger partial charge in [0.05, 0.1) is 0 Å². The van der Waals surface area contributed by atoms with Crippen LogP contribution in [-0.2, 0) is 4.79 Å². The molecule has 3 heteroatoms. The molecule has 0 aromatic carbocycles. The fourth-order valence-electron chi connectivity index (χ4n) is 2.60. The van der Waals surface area contributed by atoms with Crippen LogP contribution >= 0.6 is 0 Å². The van der Waals surface area contributed by atoms with Crippen molar-refractivity contribution in [1.29, 1.82) is 0 Å². The van der Waals surface area contributed by atoms with E-state index in [1.165, 1.54) is 25.7 Å². The number of carbonyl (C=O) groups excluding carboxylic acids is 1. The zero-order chi connectivity index (χ0) is 12.8. The average Bonchev–Trinajstić information content (AvgIpc) is 2.29. The van der Waals surface area contributed by atoms with Crippen LogP contribution in [0, 0.1) is 11.8 Å². The first kappa shape index (κ1) is 14.5. The molecule has 0 aliphatic heterocycles. The molecule has 1 rings (SSSR count). The molecule has 3 nitrogen and oxygen atoms in total. The van der Waals surface area contributed by atoms with Gasteiger partial charge in [-0.15, -0.1) is 0 Å². The number of rotatable bonds is 5. The number of nitrogens with zero attached hydrogens (tertiary/aromatic N) is 1. The summed E-state index contributed by atoms with van der Waals surface area (Å²) in [4.78, 5) is 13.1. The Kier molecular flexibility index (Phi) is 5.96. The second-order valence-electron chi connectivity index (χ2n) is 5.85. The van der Waals surface area contributed by atoms with Crippen LogP contribution in [0.5, 0.6) is 0 Å². The van der Waals surface area contributed by atoms with E-state index in [1.54, 1.807) is 4.90 Å². The van der Waals surface area contributed by atoms with Crippen LogP contribution in [0.25, 0.3) is 0 Å². The van der Waals surface area contributed by atoms with Crippen LogP contribution in [0.2, 0.25) is 0 Å². The maximum Gasteiger partial charge on any atom is 0.223 e. The largest absolute Gasteiger partial charge is 0.349 e. The zero-order valence-corrected chi connectivity index (χ0v) is 11.8. The van der Waals surface area contributed by atoms with Crippen molar-refractivity contribution < 1.29 is 4.79 Å². The van der Waals surface area contributed by atoms with Gasteiger partial charge in [0.2, 0.25) is 5.91 Å². The molecule has 1 N–H and O–H groups in total. The van der Waals surface area contributed by atoms with Gasteiger partial charge < -0.3 is 10.2 Å². The lowest BCUT2D eigenvalue weighted by Crippen LogP contribution is -2.36. The van der Waals surface area contributed by atoms with E-state index in [9.17, 15) is 4.79 Å². The Morgan fingerprint density at radius 2 is 1.82 bits per heavy atom. The third kappa shape index (κ3) is 5.07. The molecule has 0 bridgehead atoms. The lowest BCUT2D eigenvalue weighted by Gasteiger charge is -2.31. The maximum absolute atomic E-state index is 11.4. The fraction of sp³-hybridized carbons (Fsp3) is 0.929. The number of amides is 1. The third-order valence-electron chi connectivity index (χ3n) is 3.99. The van der Waals surface area contributed by atoms with E-state index in [0.29, 0.717) is 12.5 Å². The van der Waals surface area contributed by atoms with Gasteiger partial charge in [-0.1, -0.05) is 13.8 Å². The molecule has 0 unspecified atom stereocenters. The molecule has 1 aliphatic rings. The minimum absolute atomic E-state index is 0.216. The minimum atomic E-state index is 0.216. The number of carbonyl (C=O) groups is 1. The molecule has 17 heavy (non-hydrogen) atoms. The number of nitrogens with one attached hydrogen (secondary N) is 1. The molecule has 0 atom stereocenters. The van der Waals surface area contributed by atoms with Gasteiger partial charge in [0.25, 0.3) is 0 Å². The second-order valence-corrected chi connectivity index (χ2v) is 5.85. The summed E-state index contributed by atoms with van der Waals surface area (Å²) in [7, 11) is 3.63. The summed E-state index contributed by atoms with van der Waals surface area (Å²) in [5.74, 6) is 1.95. The average molecular weight is 240 g/mol. The summed E-state index contributed by atoms with van der Waals surface area (Å²) < 4.78 is 0. The molecule has 100 valence electrons. The Balaban J connectivity index is 2.12. The summed E-state index contributed by atoms with van der Waals surface area (Å²) in [6.07, 6.45) is 5.86. The van der Waals surface area contributed by atoms with E-state index in [1.807, 2.05) is 14.1 Å². The fourth-order valence-corrected chi connectivity index (χ4v) is 2.60. The monoisotopic (exact) mass is 240 g/mol. The molecule has 0 heterocycles. The van der Waals surface area contributed by atoms with Crippen molar-refractivity contribution in [3.05, 3.63) is 0 Å². The van der Waals surface area contributed by atoms with Crippen LogP contribution in [0.1, 0.15) is 46.0 Å². The van der Waals surface area contributed by atoms with Gasteiger partial charge in [-0.25, -0.2) is 0 Å². The second kappa shape index (κ2) is 7.00. The van der Waals surface area contributed by atoms with Gasteiger partial charge in [-0.2, -0.15) is 0 Å². The summed E-state index contributed by atoms with van der Waals surface area (Å²) in [5.41, 5.74) is 0. The normalized spacial score (nSPS) is 25.0. The highest BCUT2D eigenvalue weighted by Crippen LogP contribution is 2.29. The van der Waals surface area contributed by atoms with Crippen molar-refractivity contribution in [3.8, 4) is 0 Å². The topological polar surface area (TPSA) is 32.3 Å². The first-order valence-electron chi connectivity index (χ1n) is 6.94. The van der Waals surface area contributed by atoms with E-state index in [-0.39, 0.29) is 5.91 Å². The highest BCUT2D eigenvalue weighted by atomic mass is 16.2. The molecule has 1 fully saturated rings. The predicted molar refractivity (Wildman–Crippen MR) is 71.9 cm³/mol. The van der Waals surface area contributed by atoms with E-state index in [0.717, 1.165) is 18.4 Å². The van der Waals surface area contributed by atoms with Crippen molar-refractivity contribution in [3.63, 3.8) is 0 Å². The maximum atomic E-state index is 11.4. The van der Waals surface area contributed by atoms with Crippen LogP contribution < -0.4 is 5.32 Å². The summed E-state index contributed by atoms with van der Waals surface area (Å²) in [6, 6.07) is 0.639. The number of hydrogen-bond acceptors (Lipinski definition) is 2. The highest BCUT2D eigenvalue weighted by molar-refractivity contribution is 5.75. The van der Waals surface area contributed by atoms with Crippen molar-refractivity contribution in [2.24, 2.45) is 11.8 Å². The highest BCUT2D eigenvalue weighted by Gasteiger charge is 2.22. The van der Waals surface area contributed by atoms with Crippen molar-refractivity contribution in [2.45, 2.75) is 52.0 Å². The molecule has 1 amide bonds. The van der Waals surface area contributed by atoms with Gasteiger partial charge in [-0.05, 0) is 37.5 Å². The smallest absolute Gasteiger partial charge is 0.223 e. The van der Waals surface area contributed by atoms with Crippen molar-refractivity contribution in [1.82, 2.24) is 10.2 Å². The van der Waals surface area contributed by atoms with Crippen molar-refractivity contribution in [2.75, 3.05) is 20.6 Å². The van der Waals surface area contributed by atoms with Crippen LogP contribution in [0.3, 0.4) is 0 Å². The van der Waals surface area contributed by atoms with Gasteiger partial charge >= 0.3 is 0 Å². The SMILES string of the molecule is CC(C)C1CCC(NCCC(=O)N(C)C)CC1. The molecule has 0 spiro atoms. The van der Waals surface area contributed by atoms with E-state index in [4.69, 9.17) is 0 Å². The Morgan fingerprint density at radius 1 is 1.24 bits per heavy atom. The summed E-state index contributed by atoms with van der Waals surface area (Å²) in [6.45, 7) is 5.48. The molecule has 0 radical (unpaired) electrons. The Morgan fingerprint density at radius 3 is 2.29 bits per heavy atom. The lowest BCUT2D eigenvalue weighted by molar-refractivity contribution is -0.128. The minimum Gasteiger partial charge on any atom is -0.349 e. The van der Waals surface area contributed by atoms with Gasteiger partial charge in [0, 0.05) is 33.1 Å². The Bertz CT molecular complexity index is 230. The van der Waals surface area contributed by atoms with E-state index in [2.05, 4.69) is 19.2 Å². The Labute approximate surface area is 106 Å². The first-order valence-corrected chi connectivity index (χ1v) is 6.94. The summed E-state index contributed by atoms with van der Waals surface area (Å²) >= 11 is 0. The lowest BCUT2D eigenvalue weighted by atomic mass is 9.80. The van der Waals surface area contributed by atoms with Crippen LogP contribution in [-0.4, -0.2) is 37.5 Å². The standard InChI is InChI=1S/C14H28N2O/c1-11(2)12-5-7-13(8-6-12)15-10-9-14(17)16(3)4/h11-13,15H,5-10H2,1-4H3. The number of hydrogen-bond donors (Lipinski definition) is 1. The van der Waals surface area contributed by atoms with Crippen LogP contribution in [0.15, 0.2) is 0 Å². The van der Waals surface area contributed by atoms with E-state index < -0.39 is 0 Å². The molecular weight excluding hydrogens is 212 g/mol. The third-order valence-corrected chi connectivity index (χ3v) is 3.99. The Hall–Kier alpha value is -0.570. The first-order chi connectivity index (χ1) is 8.00. The molecule has 0 aromatic heterocycles.